The molecule has 166 valence electrons. The first-order valence-electron chi connectivity index (χ1n) is 11.0. The SMILES string of the molecule is Cc1cccc(-c2ccn(-c3cc(N4CCOCC4)n4cc(-c5ccn(C)n5)nc4n3)n2)c1. The molecule has 4 aromatic heterocycles. The number of fused-ring (bicyclic) bond motifs is 1. The van der Waals surface area contributed by atoms with Crippen molar-refractivity contribution in [2.75, 3.05) is 31.2 Å². The number of ether oxygens (including phenoxy) is 1. The fraction of sp³-hybridized carbons (Fsp3) is 0.250. The van der Waals surface area contributed by atoms with Gasteiger partial charge in [-0.15, -0.1) is 0 Å². The van der Waals surface area contributed by atoms with Crippen molar-refractivity contribution in [2.24, 2.45) is 7.05 Å². The molecule has 0 amide bonds. The number of morpholine rings is 1. The third-order valence-corrected chi connectivity index (χ3v) is 5.86. The fourth-order valence-electron chi connectivity index (χ4n) is 4.18. The van der Waals surface area contributed by atoms with Gasteiger partial charge in [0.15, 0.2) is 5.82 Å². The van der Waals surface area contributed by atoms with Gasteiger partial charge in [-0.2, -0.15) is 15.2 Å². The summed E-state index contributed by atoms with van der Waals surface area (Å²) in [7, 11) is 1.90. The summed E-state index contributed by atoms with van der Waals surface area (Å²) in [6, 6.07) is 14.4. The Balaban J connectivity index is 1.47. The average Bonchev–Trinajstić information content (AvgIpc) is 3.58. The molecule has 5 aromatic rings. The van der Waals surface area contributed by atoms with Gasteiger partial charge in [-0.25, -0.2) is 9.67 Å². The van der Waals surface area contributed by atoms with Crippen LogP contribution >= 0.6 is 0 Å². The molecule has 0 spiro atoms. The van der Waals surface area contributed by atoms with Crippen molar-refractivity contribution in [3.8, 4) is 28.5 Å². The minimum atomic E-state index is 0.613. The van der Waals surface area contributed by atoms with Gasteiger partial charge in [0, 0.05) is 50.4 Å². The quantitative estimate of drug-likeness (QED) is 0.427. The second-order valence-corrected chi connectivity index (χ2v) is 8.26. The number of anilines is 1. The minimum absolute atomic E-state index is 0.613. The molecular formula is C24H24N8O. The van der Waals surface area contributed by atoms with E-state index >= 15 is 0 Å². The Morgan fingerprint density at radius 2 is 1.73 bits per heavy atom. The van der Waals surface area contributed by atoms with E-state index < -0.39 is 0 Å². The lowest BCUT2D eigenvalue weighted by molar-refractivity contribution is 0.122. The minimum Gasteiger partial charge on any atom is -0.378 e. The monoisotopic (exact) mass is 440 g/mol. The number of aryl methyl sites for hydroxylation is 2. The molecule has 1 aliphatic heterocycles. The number of hydrogen-bond acceptors (Lipinski definition) is 6. The highest BCUT2D eigenvalue weighted by molar-refractivity contribution is 5.63. The second-order valence-electron chi connectivity index (χ2n) is 8.26. The third-order valence-electron chi connectivity index (χ3n) is 5.86. The van der Waals surface area contributed by atoms with Gasteiger partial charge >= 0.3 is 0 Å². The number of imidazole rings is 1. The molecule has 1 aliphatic rings. The molecule has 1 aromatic carbocycles. The zero-order valence-corrected chi connectivity index (χ0v) is 18.6. The molecular weight excluding hydrogens is 416 g/mol. The summed E-state index contributed by atoms with van der Waals surface area (Å²) in [6.45, 7) is 5.09. The summed E-state index contributed by atoms with van der Waals surface area (Å²) in [5, 5.41) is 9.32. The van der Waals surface area contributed by atoms with Crippen LogP contribution in [0.1, 0.15) is 5.56 Å². The fourth-order valence-corrected chi connectivity index (χ4v) is 4.18. The van der Waals surface area contributed by atoms with Gasteiger partial charge < -0.3 is 9.64 Å². The summed E-state index contributed by atoms with van der Waals surface area (Å²) >= 11 is 0. The van der Waals surface area contributed by atoms with Gasteiger partial charge in [-0.1, -0.05) is 23.8 Å². The van der Waals surface area contributed by atoms with Crippen molar-refractivity contribution in [3.63, 3.8) is 0 Å². The van der Waals surface area contributed by atoms with E-state index in [-0.39, 0.29) is 0 Å². The van der Waals surface area contributed by atoms with E-state index in [1.165, 1.54) is 5.56 Å². The molecule has 9 heteroatoms. The van der Waals surface area contributed by atoms with E-state index in [0.717, 1.165) is 47.4 Å². The van der Waals surface area contributed by atoms with Crippen LogP contribution in [0.15, 0.2) is 61.1 Å². The summed E-state index contributed by atoms with van der Waals surface area (Å²) in [5.41, 5.74) is 4.80. The highest BCUT2D eigenvalue weighted by Gasteiger charge is 2.19. The molecule has 0 saturated carbocycles. The van der Waals surface area contributed by atoms with Gasteiger partial charge in [0.05, 0.1) is 18.9 Å². The molecule has 1 fully saturated rings. The maximum Gasteiger partial charge on any atom is 0.238 e. The summed E-state index contributed by atoms with van der Waals surface area (Å²) < 4.78 is 11.2. The van der Waals surface area contributed by atoms with Crippen molar-refractivity contribution >= 4 is 11.6 Å². The van der Waals surface area contributed by atoms with Crippen molar-refractivity contribution < 1.29 is 4.74 Å². The number of nitrogens with zero attached hydrogens (tertiary/aromatic N) is 8. The highest BCUT2D eigenvalue weighted by Crippen LogP contribution is 2.26. The van der Waals surface area contributed by atoms with Crippen molar-refractivity contribution in [1.82, 2.24) is 33.9 Å². The predicted molar refractivity (Wildman–Crippen MR) is 126 cm³/mol. The Labute approximate surface area is 190 Å². The normalized spacial score (nSPS) is 14.3. The Morgan fingerprint density at radius 1 is 0.879 bits per heavy atom. The van der Waals surface area contributed by atoms with Gasteiger partial charge in [0.1, 0.15) is 17.2 Å². The lowest BCUT2D eigenvalue weighted by Gasteiger charge is -2.29. The molecule has 6 rings (SSSR count). The molecule has 5 heterocycles. The third kappa shape index (κ3) is 3.66. The van der Waals surface area contributed by atoms with Crippen LogP contribution in [0.4, 0.5) is 5.82 Å². The first-order valence-corrected chi connectivity index (χ1v) is 11.0. The van der Waals surface area contributed by atoms with Crippen molar-refractivity contribution in [2.45, 2.75) is 6.92 Å². The molecule has 9 nitrogen and oxygen atoms in total. The van der Waals surface area contributed by atoms with Crippen LogP contribution in [0.2, 0.25) is 0 Å². The molecule has 0 radical (unpaired) electrons. The molecule has 0 unspecified atom stereocenters. The molecule has 0 N–H and O–H groups in total. The van der Waals surface area contributed by atoms with Crippen LogP contribution in [0.5, 0.6) is 0 Å². The van der Waals surface area contributed by atoms with Crippen molar-refractivity contribution in [1.29, 1.82) is 0 Å². The maximum atomic E-state index is 5.57. The Morgan fingerprint density at radius 3 is 2.52 bits per heavy atom. The van der Waals surface area contributed by atoms with Gasteiger partial charge in [-0.3, -0.25) is 9.08 Å². The zero-order chi connectivity index (χ0) is 22.4. The lowest BCUT2D eigenvalue weighted by Crippen LogP contribution is -2.37. The predicted octanol–water partition coefficient (Wildman–Crippen LogP) is 3.13. The molecule has 33 heavy (non-hydrogen) atoms. The van der Waals surface area contributed by atoms with E-state index in [4.69, 9.17) is 19.8 Å². The van der Waals surface area contributed by atoms with Crippen LogP contribution in [-0.4, -0.2) is 60.2 Å². The molecule has 0 bridgehead atoms. The topological polar surface area (TPSA) is 78.3 Å². The molecule has 0 aliphatic carbocycles. The van der Waals surface area contributed by atoms with Crippen LogP contribution < -0.4 is 4.90 Å². The lowest BCUT2D eigenvalue weighted by atomic mass is 10.1. The maximum absolute atomic E-state index is 5.57. The highest BCUT2D eigenvalue weighted by atomic mass is 16.5. The van der Waals surface area contributed by atoms with E-state index in [9.17, 15) is 0 Å². The summed E-state index contributed by atoms with van der Waals surface area (Å²) in [6.07, 6.45) is 5.86. The first-order chi connectivity index (χ1) is 16.1. The van der Waals surface area contributed by atoms with Gasteiger partial charge in [0.2, 0.25) is 5.78 Å². The summed E-state index contributed by atoms with van der Waals surface area (Å²) in [5.74, 6) is 2.35. The Kier molecular flexibility index (Phi) is 4.69. The largest absolute Gasteiger partial charge is 0.378 e. The van der Waals surface area contributed by atoms with Gasteiger partial charge in [-0.05, 0) is 25.1 Å². The second kappa shape index (κ2) is 7.86. The first kappa shape index (κ1) is 19.7. The van der Waals surface area contributed by atoms with E-state index in [1.54, 1.807) is 4.68 Å². The van der Waals surface area contributed by atoms with Gasteiger partial charge in [0.25, 0.3) is 0 Å². The smallest absolute Gasteiger partial charge is 0.238 e. The Hall–Kier alpha value is -3.98. The van der Waals surface area contributed by atoms with E-state index in [0.29, 0.717) is 19.0 Å². The number of aromatic nitrogens is 7. The zero-order valence-electron chi connectivity index (χ0n) is 18.6. The van der Waals surface area contributed by atoms with Crippen LogP contribution in [0, 0.1) is 6.92 Å². The summed E-state index contributed by atoms with van der Waals surface area (Å²) in [4.78, 5) is 11.9. The number of benzene rings is 1. The van der Waals surface area contributed by atoms with E-state index in [2.05, 4.69) is 41.2 Å². The molecule has 0 atom stereocenters. The van der Waals surface area contributed by atoms with Crippen LogP contribution in [0.3, 0.4) is 0 Å². The number of hydrogen-bond donors (Lipinski definition) is 0. The standard InChI is InChI=1S/C24H24N8O/c1-17-4-3-5-18(14-17)19-7-9-32(28-19)22-15-23(30-10-12-33-13-11-30)31-16-21(25-24(31)26-22)20-6-8-29(2)27-20/h3-9,14-16H,10-13H2,1-2H3. The van der Waals surface area contributed by atoms with Crippen LogP contribution in [0.25, 0.3) is 34.2 Å². The van der Waals surface area contributed by atoms with E-state index in [1.807, 2.05) is 52.9 Å². The van der Waals surface area contributed by atoms with Crippen molar-refractivity contribution in [3.05, 3.63) is 66.6 Å². The average molecular weight is 441 g/mol. The molecule has 1 saturated heterocycles. The Bertz CT molecular complexity index is 1440. The van der Waals surface area contributed by atoms with Crippen LogP contribution in [-0.2, 0) is 11.8 Å². The number of rotatable bonds is 4.